The number of benzene rings is 1. The Hall–Kier alpha value is -1.88. The van der Waals surface area contributed by atoms with Crippen molar-refractivity contribution in [3.63, 3.8) is 0 Å². The van der Waals surface area contributed by atoms with Crippen LogP contribution in [-0.2, 0) is 6.54 Å². The molecule has 2 rings (SSSR count). The zero-order valence-electron chi connectivity index (χ0n) is 11.3. The molecule has 0 amide bonds. The molecule has 0 aliphatic rings. The number of rotatable bonds is 7. The van der Waals surface area contributed by atoms with Crippen LogP contribution in [0.2, 0.25) is 0 Å². The summed E-state index contributed by atoms with van der Waals surface area (Å²) >= 11 is 0. The Bertz CT molecular complexity index is 511. The van der Waals surface area contributed by atoms with Gasteiger partial charge in [0, 0.05) is 5.56 Å². The summed E-state index contributed by atoms with van der Waals surface area (Å²) in [6.45, 7) is 6.32. The van der Waals surface area contributed by atoms with Gasteiger partial charge in [-0.3, -0.25) is 0 Å². The minimum absolute atomic E-state index is 0.523. The summed E-state index contributed by atoms with van der Waals surface area (Å²) < 4.78 is 10.8. The molecule has 5 heteroatoms. The van der Waals surface area contributed by atoms with Crippen LogP contribution < -0.4 is 10.1 Å². The summed E-state index contributed by atoms with van der Waals surface area (Å²) in [6, 6.07) is 7.70. The number of nitrogens with zero attached hydrogens (tertiary/aromatic N) is 2. The standard InChI is InChI=1S/C14H19N3O2/c1-3-8-18-12-7-5-6-11(9-12)14-16-13(17-19-14)10-15-4-2/h5-7,9,15H,3-4,8,10H2,1-2H3. The molecule has 0 spiro atoms. The first-order valence-corrected chi connectivity index (χ1v) is 6.60. The van der Waals surface area contributed by atoms with E-state index in [1.807, 2.05) is 31.2 Å². The number of ether oxygens (including phenoxy) is 1. The van der Waals surface area contributed by atoms with Gasteiger partial charge >= 0.3 is 0 Å². The fourth-order valence-electron chi connectivity index (χ4n) is 1.62. The average molecular weight is 261 g/mol. The Kier molecular flexibility index (Phi) is 4.92. The molecule has 0 aliphatic carbocycles. The van der Waals surface area contributed by atoms with Gasteiger partial charge in [-0.2, -0.15) is 4.98 Å². The molecule has 1 aromatic carbocycles. The summed E-state index contributed by atoms with van der Waals surface area (Å²) in [5, 5.41) is 7.09. The first-order chi connectivity index (χ1) is 9.33. The Morgan fingerprint density at radius 3 is 3.00 bits per heavy atom. The maximum atomic E-state index is 5.59. The smallest absolute Gasteiger partial charge is 0.258 e. The summed E-state index contributed by atoms with van der Waals surface area (Å²) in [6.07, 6.45) is 0.984. The fourth-order valence-corrected chi connectivity index (χ4v) is 1.62. The SMILES string of the molecule is CCCOc1cccc(-c2nc(CNCC)no2)c1. The molecule has 0 radical (unpaired) electrons. The highest BCUT2D eigenvalue weighted by Crippen LogP contribution is 2.22. The van der Waals surface area contributed by atoms with Gasteiger partial charge in [0.2, 0.25) is 0 Å². The van der Waals surface area contributed by atoms with Crippen molar-refractivity contribution in [3.8, 4) is 17.2 Å². The molecule has 5 nitrogen and oxygen atoms in total. The monoisotopic (exact) mass is 261 g/mol. The molecule has 0 bridgehead atoms. The lowest BCUT2D eigenvalue weighted by Gasteiger charge is -2.04. The van der Waals surface area contributed by atoms with Gasteiger partial charge < -0.3 is 14.6 Å². The molecule has 0 saturated carbocycles. The minimum Gasteiger partial charge on any atom is -0.494 e. The number of hydrogen-bond acceptors (Lipinski definition) is 5. The van der Waals surface area contributed by atoms with Crippen molar-refractivity contribution in [1.29, 1.82) is 0 Å². The average Bonchev–Trinajstić information content (AvgIpc) is 2.92. The van der Waals surface area contributed by atoms with Gasteiger partial charge in [0.15, 0.2) is 5.82 Å². The van der Waals surface area contributed by atoms with E-state index in [0.717, 1.165) is 24.3 Å². The molecule has 2 aromatic rings. The summed E-state index contributed by atoms with van der Waals surface area (Å²) in [5.74, 6) is 2.01. The highest BCUT2D eigenvalue weighted by atomic mass is 16.5. The van der Waals surface area contributed by atoms with Crippen molar-refractivity contribution in [3.05, 3.63) is 30.1 Å². The van der Waals surface area contributed by atoms with E-state index in [1.54, 1.807) is 0 Å². The molecule has 1 N–H and O–H groups in total. The van der Waals surface area contributed by atoms with Crippen molar-refractivity contribution in [2.24, 2.45) is 0 Å². The lowest BCUT2D eigenvalue weighted by atomic mass is 10.2. The molecular formula is C14H19N3O2. The lowest BCUT2D eigenvalue weighted by molar-refractivity contribution is 0.317. The van der Waals surface area contributed by atoms with E-state index in [2.05, 4.69) is 22.4 Å². The van der Waals surface area contributed by atoms with Crippen LogP contribution in [0.3, 0.4) is 0 Å². The molecule has 0 fully saturated rings. The van der Waals surface area contributed by atoms with Crippen molar-refractivity contribution in [2.75, 3.05) is 13.2 Å². The van der Waals surface area contributed by atoms with E-state index in [4.69, 9.17) is 9.26 Å². The van der Waals surface area contributed by atoms with Crippen LogP contribution in [0.15, 0.2) is 28.8 Å². The van der Waals surface area contributed by atoms with Gasteiger partial charge in [0.05, 0.1) is 13.2 Å². The van der Waals surface area contributed by atoms with Crippen LogP contribution >= 0.6 is 0 Å². The highest BCUT2D eigenvalue weighted by molar-refractivity contribution is 5.55. The Labute approximate surface area is 113 Å². The zero-order chi connectivity index (χ0) is 13.5. The lowest BCUT2D eigenvalue weighted by Crippen LogP contribution is -2.12. The molecule has 0 unspecified atom stereocenters. The van der Waals surface area contributed by atoms with Gasteiger partial charge in [0.25, 0.3) is 5.89 Å². The number of nitrogens with one attached hydrogen (secondary N) is 1. The fraction of sp³-hybridized carbons (Fsp3) is 0.429. The maximum Gasteiger partial charge on any atom is 0.258 e. The largest absolute Gasteiger partial charge is 0.494 e. The third kappa shape index (κ3) is 3.79. The van der Waals surface area contributed by atoms with E-state index in [0.29, 0.717) is 24.9 Å². The van der Waals surface area contributed by atoms with E-state index >= 15 is 0 Å². The quantitative estimate of drug-likeness (QED) is 0.830. The highest BCUT2D eigenvalue weighted by Gasteiger charge is 2.09. The second-order valence-corrected chi connectivity index (χ2v) is 4.17. The van der Waals surface area contributed by atoms with Crippen LogP contribution in [-0.4, -0.2) is 23.3 Å². The molecule has 1 aromatic heterocycles. The Morgan fingerprint density at radius 2 is 2.21 bits per heavy atom. The number of hydrogen-bond donors (Lipinski definition) is 1. The van der Waals surface area contributed by atoms with E-state index in [1.165, 1.54) is 0 Å². The Balaban J connectivity index is 2.10. The second kappa shape index (κ2) is 6.89. The summed E-state index contributed by atoms with van der Waals surface area (Å²) in [7, 11) is 0. The third-order valence-electron chi connectivity index (χ3n) is 2.56. The molecular weight excluding hydrogens is 242 g/mol. The normalized spacial score (nSPS) is 10.6. The van der Waals surface area contributed by atoms with Crippen molar-refractivity contribution >= 4 is 0 Å². The first-order valence-electron chi connectivity index (χ1n) is 6.60. The first kappa shape index (κ1) is 13.5. The van der Waals surface area contributed by atoms with Crippen molar-refractivity contribution < 1.29 is 9.26 Å². The summed E-state index contributed by atoms with van der Waals surface area (Å²) in [5.41, 5.74) is 0.879. The van der Waals surface area contributed by atoms with Crippen LogP contribution in [0.25, 0.3) is 11.5 Å². The minimum atomic E-state index is 0.523. The molecule has 1 heterocycles. The van der Waals surface area contributed by atoms with Gasteiger partial charge in [-0.1, -0.05) is 25.1 Å². The summed E-state index contributed by atoms with van der Waals surface area (Å²) in [4.78, 5) is 4.34. The van der Waals surface area contributed by atoms with Crippen LogP contribution in [0.4, 0.5) is 0 Å². The molecule has 0 aliphatic heterocycles. The predicted molar refractivity (Wildman–Crippen MR) is 72.9 cm³/mol. The van der Waals surface area contributed by atoms with Crippen LogP contribution in [0, 0.1) is 0 Å². The Morgan fingerprint density at radius 1 is 1.32 bits per heavy atom. The van der Waals surface area contributed by atoms with Gasteiger partial charge in [-0.05, 0) is 31.2 Å². The van der Waals surface area contributed by atoms with Crippen LogP contribution in [0.5, 0.6) is 5.75 Å². The predicted octanol–water partition coefficient (Wildman–Crippen LogP) is 2.63. The molecule has 19 heavy (non-hydrogen) atoms. The topological polar surface area (TPSA) is 60.2 Å². The molecule has 0 atom stereocenters. The number of aromatic nitrogens is 2. The van der Waals surface area contributed by atoms with Gasteiger partial charge in [-0.15, -0.1) is 0 Å². The molecule has 102 valence electrons. The van der Waals surface area contributed by atoms with Crippen molar-refractivity contribution in [2.45, 2.75) is 26.8 Å². The van der Waals surface area contributed by atoms with E-state index < -0.39 is 0 Å². The van der Waals surface area contributed by atoms with E-state index in [9.17, 15) is 0 Å². The van der Waals surface area contributed by atoms with Gasteiger partial charge in [-0.25, -0.2) is 0 Å². The van der Waals surface area contributed by atoms with Crippen molar-refractivity contribution in [1.82, 2.24) is 15.5 Å². The second-order valence-electron chi connectivity index (χ2n) is 4.17. The van der Waals surface area contributed by atoms with Crippen LogP contribution in [0.1, 0.15) is 26.1 Å². The zero-order valence-corrected chi connectivity index (χ0v) is 11.3. The molecule has 0 saturated heterocycles. The maximum absolute atomic E-state index is 5.59. The van der Waals surface area contributed by atoms with E-state index in [-0.39, 0.29) is 0 Å². The third-order valence-corrected chi connectivity index (χ3v) is 2.56. The van der Waals surface area contributed by atoms with Gasteiger partial charge in [0.1, 0.15) is 5.75 Å².